The Morgan fingerprint density at radius 3 is 2.72 bits per heavy atom. The summed E-state index contributed by atoms with van der Waals surface area (Å²) in [5.41, 5.74) is 0.794. The molecule has 0 spiro atoms. The Bertz CT molecular complexity index is 537. The lowest BCUT2D eigenvalue weighted by Gasteiger charge is -2.03. The lowest BCUT2D eigenvalue weighted by atomic mass is 10.2. The Hall–Kier alpha value is -1.44. The van der Waals surface area contributed by atoms with Crippen LogP contribution in [0.5, 0.6) is 0 Å². The van der Waals surface area contributed by atoms with Crippen molar-refractivity contribution in [2.45, 2.75) is 19.8 Å². The zero-order valence-corrected chi connectivity index (χ0v) is 12.0. The second kappa shape index (κ2) is 5.94. The quantitative estimate of drug-likeness (QED) is 0.854. The van der Waals surface area contributed by atoms with Crippen LogP contribution in [-0.4, -0.2) is 16.0 Å². The van der Waals surface area contributed by atoms with Gasteiger partial charge in [-0.05, 0) is 53.8 Å². The van der Waals surface area contributed by atoms with Gasteiger partial charge < -0.3 is 9.84 Å². The predicted octanol–water partition coefficient (Wildman–Crippen LogP) is 2.55. The summed E-state index contributed by atoms with van der Waals surface area (Å²) in [4.78, 5) is 15.7. The molecule has 0 fully saturated rings. The number of hydrogen-bond donors (Lipinski definition) is 1. The first-order valence-electron chi connectivity index (χ1n) is 5.48. The number of hydrogen-bond acceptors (Lipinski definition) is 4. The van der Waals surface area contributed by atoms with Crippen molar-refractivity contribution in [3.8, 4) is 0 Å². The molecule has 2 rings (SSSR count). The molecule has 0 aliphatic heterocycles. The number of carbonyl (C=O) groups excluding carboxylic acids is 1. The Morgan fingerprint density at radius 2 is 2.11 bits per heavy atom. The highest BCUT2D eigenvalue weighted by atomic mass is 127. The summed E-state index contributed by atoms with van der Waals surface area (Å²) in [5.74, 6) is 1.01. The first-order chi connectivity index (χ1) is 8.63. The molecule has 0 saturated heterocycles. The number of benzene rings is 1. The van der Waals surface area contributed by atoms with Crippen LogP contribution >= 0.6 is 22.6 Å². The van der Waals surface area contributed by atoms with E-state index >= 15 is 0 Å². The van der Waals surface area contributed by atoms with Gasteiger partial charge in [0.15, 0.2) is 5.82 Å². The minimum atomic E-state index is -0.0629. The van der Waals surface area contributed by atoms with Crippen LogP contribution in [0, 0.1) is 10.5 Å². The Morgan fingerprint density at radius 1 is 1.39 bits per heavy atom. The molecule has 18 heavy (non-hydrogen) atoms. The van der Waals surface area contributed by atoms with Crippen molar-refractivity contribution in [2.75, 3.05) is 5.32 Å². The fourth-order valence-corrected chi connectivity index (χ4v) is 1.78. The topological polar surface area (TPSA) is 68.0 Å². The molecule has 0 aliphatic rings. The summed E-state index contributed by atoms with van der Waals surface area (Å²) in [7, 11) is 0. The van der Waals surface area contributed by atoms with Gasteiger partial charge in [-0.15, -0.1) is 0 Å². The van der Waals surface area contributed by atoms with Crippen molar-refractivity contribution >= 4 is 34.2 Å². The molecular weight excluding hydrogens is 345 g/mol. The van der Waals surface area contributed by atoms with Gasteiger partial charge in [-0.25, -0.2) is 0 Å². The number of nitrogens with zero attached hydrogens (tertiary/aromatic N) is 2. The lowest BCUT2D eigenvalue weighted by Crippen LogP contribution is -2.12. The predicted molar refractivity (Wildman–Crippen MR) is 75.1 cm³/mol. The van der Waals surface area contributed by atoms with Crippen molar-refractivity contribution < 1.29 is 9.32 Å². The molecular formula is C12H12IN3O2. The maximum atomic E-state index is 11.7. The van der Waals surface area contributed by atoms with Gasteiger partial charge >= 0.3 is 0 Å². The van der Waals surface area contributed by atoms with Crippen LogP contribution in [0.25, 0.3) is 0 Å². The van der Waals surface area contributed by atoms with Crippen molar-refractivity contribution in [1.82, 2.24) is 10.1 Å². The molecule has 0 atom stereocenters. The van der Waals surface area contributed by atoms with Crippen molar-refractivity contribution in [1.29, 1.82) is 0 Å². The lowest BCUT2D eigenvalue weighted by molar-refractivity contribution is -0.116. The standard InChI is InChI=1S/C12H12IN3O2/c1-8-14-12(18-16-8)7-6-11(17)15-10-4-2-9(13)3-5-10/h2-5H,6-7H2,1H3,(H,15,17). The van der Waals surface area contributed by atoms with Gasteiger partial charge in [0.2, 0.25) is 11.8 Å². The molecule has 1 aromatic heterocycles. The maximum Gasteiger partial charge on any atom is 0.227 e. The summed E-state index contributed by atoms with van der Waals surface area (Å²) in [6.07, 6.45) is 0.782. The van der Waals surface area contributed by atoms with E-state index in [4.69, 9.17) is 4.52 Å². The Labute approximate surface area is 118 Å². The second-order valence-corrected chi connectivity index (χ2v) is 5.04. The van der Waals surface area contributed by atoms with E-state index in [-0.39, 0.29) is 5.91 Å². The van der Waals surface area contributed by atoms with E-state index in [0.717, 1.165) is 9.26 Å². The summed E-state index contributed by atoms with van der Waals surface area (Å²) in [6.45, 7) is 1.75. The largest absolute Gasteiger partial charge is 0.339 e. The van der Waals surface area contributed by atoms with Gasteiger partial charge in [-0.2, -0.15) is 4.98 Å². The van der Waals surface area contributed by atoms with Crippen LogP contribution in [0.2, 0.25) is 0 Å². The first kappa shape index (κ1) is 13.0. The number of carbonyl (C=O) groups is 1. The molecule has 1 aromatic carbocycles. The molecule has 0 saturated carbocycles. The van der Waals surface area contributed by atoms with E-state index in [1.807, 2.05) is 24.3 Å². The SMILES string of the molecule is Cc1noc(CCC(=O)Nc2ccc(I)cc2)n1. The zero-order valence-electron chi connectivity index (χ0n) is 9.81. The third kappa shape index (κ3) is 3.80. The third-order valence-corrected chi connectivity index (χ3v) is 2.98. The average molecular weight is 357 g/mol. The number of halogens is 1. The monoisotopic (exact) mass is 357 g/mol. The van der Waals surface area contributed by atoms with Gasteiger partial charge in [0, 0.05) is 22.1 Å². The molecule has 0 aliphatic carbocycles. The summed E-state index contributed by atoms with van der Waals surface area (Å²) in [6, 6.07) is 7.63. The number of amides is 1. The van der Waals surface area contributed by atoms with Gasteiger partial charge in [0.05, 0.1) is 0 Å². The van der Waals surface area contributed by atoms with E-state index < -0.39 is 0 Å². The number of aromatic nitrogens is 2. The second-order valence-electron chi connectivity index (χ2n) is 3.79. The highest BCUT2D eigenvalue weighted by Crippen LogP contribution is 2.11. The zero-order chi connectivity index (χ0) is 13.0. The van der Waals surface area contributed by atoms with Crippen molar-refractivity contribution in [3.05, 3.63) is 39.6 Å². The Balaban J connectivity index is 1.83. The number of rotatable bonds is 4. The number of aryl methyl sites for hydroxylation is 2. The van der Waals surface area contributed by atoms with Crippen molar-refractivity contribution in [3.63, 3.8) is 0 Å². The van der Waals surface area contributed by atoms with E-state index in [1.54, 1.807) is 6.92 Å². The number of anilines is 1. The van der Waals surface area contributed by atoms with Crippen LogP contribution in [0.1, 0.15) is 18.1 Å². The van der Waals surface area contributed by atoms with E-state index in [0.29, 0.717) is 24.6 Å². The summed E-state index contributed by atoms with van der Waals surface area (Å²) in [5, 5.41) is 6.48. The fourth-order valence-electron chi connectivity index (χ4n) is 1.42. The molecule has 2 aromatic rings. The normalized spacial score (nSPS) is 10.3. The molecule has 1 N–H and O–H groups in total. The van der Waals surface area contributed by atoms with E-state index in [1.165, 1.54) is 0 Å². The Kier molecular flexibility index (Phi) is 4.29. The van der Waals surface area contributed by atoms with Gasteiger partial charge in [-0.1, -0.05) is 5.16 Å². The molecule has 1 amide bonds. The van der Waals surface area contributed by atoms with Gasteiger partial charge in [-0.3, -0.25) is 4.79 Å². The van der Waals surface area contributed by atoms with E-state index in [9.17, 15) is 4.79 Å². The minimum Gasteiger partial charge on any atom is -0.339 e. The third-order valence-electron chi connectivity index (χ3n) is 2.26. The van der Waals surface area contributed by atoms with Crippen LogP contribution in [0.3, 0.4) is 0 Å². The minimum absolute atomic E-state index is 0.0629. The fraction of sp³-hybridized carbons (Fsp3) is 0.250. The molecule has 94 valence electrons. The van der Waals surface area contributed by atoms with Crippen LogP contribution in [-0.2, 0) is 11.2 Å². The van der Waals surface area contributed by atoms with Gasteiger partial charge in [0.25, 0.3) is 0 Å². The molecule has 0 bridgehead atoms. The molecule has 1 heterocycles. The van der Waals surface area contributed by atoms with Crippen LogP contribution in [0.4, 0.5) is 5.69 Å². The van der Waals surface area contributed by atoms with Crippen LogP contribution in [0.15, 0.2) is 28.8 Å². The number of nitrogens with one attached hydrogen (secondary N) is 1. The summed E-state index contributed by atoms with van der Waals surface area (Å²) < 4.78 is 6.07. The average Bonchev–Trinajstić information content (AvgIpc) is 2.76. The highest BCUT2D eigenvalue weighted by Gasteiger charge is 2.07. The smallest absolute Gasteiger partial charge is 0.227 e. The van der Waals surface area contributed by atoms with Crippen molar-refractivity contribution in [2.24, 2.45) is 0 Å². The van der Waals surface area contributed by atoms with Gasteiger partial charge in [0.1, 0.15) is 0 Å². The molecule has 0 unspecified atom stereocenters. The summed E-state index contributed by atoms with van der Waals surface area (Å²) >= 11 is 2.22. The first-order valence-corrected chi connectivity index (χ1v) is 6.56. The molecule has 6 heteroatoms. The maximum absolute atomic E-state index is 11.7. The highest BCUT2D eigenvalue weighted by molar-refractivity contribution is 14.1. The van der Waals surface area contributed by atoms with Crippen LogP contribution < -0.4 is 5.32 Å². The molecule has 0 radical (unpaired) electrons. The molecule has 5 nitrogen and oxygen atoms in total. The van der Waals surface area contributed by atoms with E-state index in [2.05, 4.69) is 38.0 Å².